The Kier molecular flexibility index (Phi) is 8.58. The van der Waals surface area contributed by atoms with E-state index in [1.807, 2.05) is 12.1 Å². The number of hydrogen-bond acceptors (Lipinski definition) is 6. The van der Waals surface area contributed by atoms with Gasteiger partial charge in [0.25, 0.3) is 5.91 Å². The van der Waals surface area contributed by atoms with Gasteiger partial charge in [-0.2, -0.15) is 0 Å². The van der Waals surface area contributed by atoms with Gasteiger partial charge in [-0.05, 0) is 76.4 Å². The number of Topliss-reactive ketones (excluding diaryl/α,β-unsaturated/α-hetero) is 2. The zero-order valence-corrected chi connectivity index (χ0v) is 27.9. The van der Waals surface area contributed by atoms with Crippen molar-refractivity contribution in [2.75, 3.05) is 25.6 Å². The maximum Gasteiger partial charge on any atom is 0.262 e. The first-order chi connectivity index (χ1) is 20.2. The SMILES string of the molecule is CCN1C2=C(C(=O)CC(C)(C)C2)C(c2cc(Br)c(OCC(=O)Nc3ccccc3Cl)c(OC)c2)C2=C1CC(C)(C)CC2=O. The van der Waals surface area contributed by atoms with E-state index >= 15 is 0 Å². The summed E-state index contributed by atoms with van der Waals surface area (Å²) in [7, 11) is 1.53. The number of halogens is 2. The second-order valence-electron chi connectivity index (χ2n) is 13.1. The third kappa shape index (κ3) is 6.14. The van der Waals surface area contributed by atoms with E-state index in [9.17, 15) is 14.4 Å². The van der Waals surface area contributed by atoms with Crippen LogP contribution >= 0.6 is 27.5 Å². The predicted molar refractivity (Wildman–Crippen MR) is 171 cm³/mol. The average Bonchev–Trinajstić information content (AvgIpc) is 2.91. The average molecular weight is 670 g/mol. The fourth-order valence-corrected chi connectivity index (χ4v) is 7.45. The van der Waals surface area contributed by atoms with Crippen molar-refractivity contribution in [1.29, 1.82) is 0 Å². The van der Waals surface area contributed by atoms with E-state index < -0.39 is 5.92 Å². The number of para-hydroxylation sites is 1. The Morgan fingerprint density at radius 2 is 1.58 bits per heavy atom. The van der Waals surface area contributed by atoms with Gasteiger partial charge >= 0.3 is 0 Å². The highest BCUT2D eigenvalue weighted by Crippen LogP contribution is 2.55. The number of rotatable bonds is 7. The molecule has 0 unspecified atom stereocenters. The number of amides is 1. The first-order valence-corrected chi connectivity index (χ1v) is 15.8. The monoisotopic (exact) mass is 668 g/mol. The van der Waals surface area contributed by atoms with Crippen LogP contribution in [0.1, 0.15) is 71.8 Å². The molecule has 1 heterocycles. The molecule has 0 bridgehead atoms. The lowest BCUT2D eigenvalue weighted by molar-refractivity contribution is -0.120. The van der Waals surface area contributed by atoms with Crippen molar-refractivity contribution in [3.8, 4) is 11.5 Å². The number of ether oxygens (including phenoxy) is 2. The van der Waals surface area contributed by atoms with Gasteiger partial charge in [-0.1, -0.05) is 51.4 Å². The van der Waals surface area contributed by atoms with Gasteiger partial charge in [0.2, 0.25) is 0 Å². The van der Waals surface area contributed by atoms with Gasteiger partial charge < -0.3 is 19.7 Å². The highest BCUT2D eigenvalue weighted by Gasteiger charge is 2.48. The summed E-state index contributed by atoms with van der Waals surface area (Å²) < 4.78 is 12.2. The minimum absolute atomic E-state index is 0.0746. The molecule has 0 atom stereocenters. The molecule has 0 radical (unpaired) electrons. The fourth-order valence-electron chi connectivity index (χ4n) is 6.70. The molecule has 0 saturated carbocycles. The van der Waals surface area contributed by atoms with Gasteiger partial charge in [-0.15, -0.1) is 0 Å². The van der Waals surface area contributed by atoms with E-state index in [0.717, 1.165) is 29.8 Å². The van der Waals surface area contributed by atoms with Crippen LogP contribution in [0.15, 0.2) is 63.4 Å². The molecule has 43 heavy (non-hydrogen) atoms. The summed E-state index contributed by atoms with van der Waals surface area (Å²) in [6.45, 7) is 11.0. The molecule has 0 aromatic heterocycles. The highest BCUT2D eigenvalue weighted by molar-refractivity contribution is 9.10. The Labute approximate surface area is 266 Å². The van der Waals surface area contributed by atoms with Crippen LogP contribution in [-0.2, 0) is 14.4 Å². The van der Waals surface area contributed by atoms with Crippen molar-refractivity contribution in [2.24, 2.45) is 10.8 Å². The van der Waals surface area contributed by atoms with Crippen molar-refractivity contribution >= 4 is 50.7 Å². The minimum atomic E-state index is -0.511. The maximum absolute atomic E-state index is 13.9. The first kappa shape index (κ1) is 31.3. The van der Waals surface area contributed by atoms with Crippen molar-refractivity contribution in [3.63, 3.8) is 0 Å². The van der Waals surface area contributed by atoms with E-state index in [-0.39, 0.29) is 34.9 Å². The van der Waals surface area contributed by atoms with Gasteiger partial charge in [-0.3, -0.25) is 14.4 Å². The summed E-state index contributed by atoms with van der Waals surface area (Å²) in [5.41, 5.74) is 4.35. The Balaban J connectivity index is 1.56. The molecule has 228 valence electrons. The van der Waals surface area contributed by atoms with Crippen LogP contribution < -0.4 is 14.8 Å². The molecule has 0 saturated heterocycles. The van der Waals surface area contributed by atoms with Gasteiger partial charge in [0, 0.05) is 47.8 Å². The molecular formula is C34H38BrClN2O5. The van der Waals surface area contributed by atoms with Gasteiger partial charge in [0.15, 0.2) is 29.7 Å². The van der Waals surface area contributed by atoms with E-state index in [1.54, 1.807) is 24.3 Å². The number of carbonyl (C=O) groups excluding carboxylic acids is 3. The molecule has 2 aromatic rings. The summed E-state index contributed by atoms with van der Waals surface area (Å²) in [5.74, 6) is -0.00108. The van der Waals surface area contributed by atoms with Gasteiger partial charge in [0.1, 0.15) is 0 Å². The third-order valence-corrected chi connectivity index (χ3v) is 9.34. The number of carbonyl (C=O) groups is 3. The molecule has 2 aromatic carbocycles. The van der Waals surface area contributed by atoms with E-state index in [4.69, 9.17) is 21.1 Å². The normalized spacial score (nSPS) is 19.7. The number of allylic oxidation sites excluding steroid dienone is 4. The molecule has 1 amide bonds. The maximum atomic E-state index is 13.9. The molecule has 1 N–H and O–H groups in total. The number of methoxy groups -OCH3 is 1. The van der Waals surface area contributed by atoms with E-state index in [2.05, 4.69) is 60.8 Å². The number of hydrogen-bond donors (Lipinski definition) is 1. The first-order valence-electron chi connectivity index (χ1n) is 14.6. The highest BCUT2D eigenvalue weighted by atomic mass is 79.9. The second kappa shape index (κ2) is 11.8. The lowest BCUT2D eigenvalue weighted by Gasteiger charge is -2.49. The van der Waals surface area contributed by atoms with Crippen LogP contribution in [0.5, 0.6) is 11.5 Å². The zero-order valence-electron chi connectivity index (χ0n) is 25.5. The Morgan fingerprint density at radius 3 is 2.12 bits per heavy atom. The number of ketones is 2. The van der Waals surface area contributed by atoms with Crippen molar-refractivity contribution < 1.29 is 23.9 Å². The van der Waals surface area contributed by atoms with Crippen LogP contribution in [0, 0.1) is 10.8 Å². The Morgan fingerprint density at radius 1 is 1.00 bits per heavy atom. The van der Waals surface area contributed by atoms with Crippen LogP contribution in [0.2, 0.25) is 5.02 Å². The summed E-state index contributed by atoms with van der Waals surface area (Å²) in [6, 6.07) is 10.7. The molecule has 5 rings (SSSR count). The molecule has 0 spiro atoms. The molecule has 0 fully saturated rings. The number of nitrogens with one attached hydrogen (secondary N) is 1. The molecule has 3 aliphatic rings. The zero-order chi connectivity index (χ0) is 31.3. The smallest absolute Gasteiger partial charge is 0.262 e. The standard InChI is InChI=1S/C34H38BrClN2O5/c1-7-38-23-14-33(2,3)16-25(39)30(23)29(31-24(38)15-34(4,5)17-26(31)40)19-12-20(35)32(27(13-19)42-6)43-18-28(41)37-22-11-9-8-10-21(22)36/h8-13,29H,7,14-18H2,1-6H3,(H,37,41). The Bertz CT molecular complexity index is 1520. The third-order valence-electron chi connectivity index (χ3n) is 8.42. The number of nitrogens with zero attached hydrogens (tertiary/aromatic N) is 1. The lowest BCUT2D eigenvalue weighted by atomic mass is 9.63. The van der Waals surface area contributed by atoms with E-state index in [0.29, 0.717) is 57.2 Å². The quantitative estimate of drug-likeness (QED) is 0.324. The van der Waals surface area contributed by atoms with Crippen molar-refractivity contribution in [3.05, 3.63) is 74.0 Å². The van der Waals surface area contributed by atoms with Crippen LogP contribution in [0.3, 0.4) is 0 Å². The van der Waals surface area contributed by atoms with Gasteiger partial charge in [0.05, 0.1) is 22.3 Å². The second-order valence-corrected chi connectivity index (χ2v) is 14.4. The van der Waals surface area contributed by atoms with Crippen molar-refractivity contribution in [1.82, 2.24) is 4.90 Å². The molecule has 7 nitrogen and oxygen atoms in total. The summed E-state index contributed by atoms with van der Waals surface area (Å²) in [6.07, 6.45) is 2.35. The summed E-state index contributed by atoms with van der Waals surface area (Å²) >= 11 is 9.81. The van der Waals surface area contributed by atoms with Crippen LogP contribution in [0.4, 0.5) is 5.69 Å². The summed E-state index contributed by atoms with van der Waals surface area (Å²) in [4.78, 5) is 42.7. The Hall–Kier alpha value is -3.10. The lowest BCUT2D eigenvalue weighted by Crippen LogP contribution is -2.44. The molecule has 1 aliphatic heterocycles. The molecule has 9 heteroatoms. The molecular weight excluding hydrogens is 632 g/mol. The van der Waals surface area contributed by atoms with Crippen LogP contribution in [-0.4, -0.2) is 42.6 Å². The fraction of sp³-hybridized carbons (Fsp3) is 0.441. The number of anilines is 1. The topological polar surface area (TPSA) is 84.9 Å². The number of benzene rings is 2. The van der Waals surface area contributed by atoms with Crippen LogP contribution in [0.25, 0.3) is 0 Å². The van der Waals surface area contributed by atoms with Gasteiger partial charge in [-0.25, -0.2) is 0 Å². The largest absolute Gasteiger partial charge is 0.493 e. The molecule has 2 aliphatic carbocycles. The van der Waals surface area contributed by atoms with E-state index in [1.165, 1.54) is 7.11 Å². The minimum Gasteiger partial charge on any atom is -0.493 e. The predicted octanol–water partition coefficient (Wildman–Crippen LogP) is 7.83. The van der Waals surface area contributed by atoms with Crippen molar-refractivity contribution in [2.45, 2.75) is 66.2 Å². The summed E-state index contributed by atoms with van der Waals surface area (Å²) in [5, 5.41) is 3.18.